The van der Waals surface area contributed by atoms with Crippen LogP contribution in [0.3, 0.4) is 0 Å². The van der Waals surface area contributed by atoms with Crippen molar-refractivity contribution in [3.8, 4) is 0 Å². The third-order valence-electron chi connectivity index (χ3n) is 0. The van der Waals surface area contributed by atoms with Gasteiger partial charge in [-0.3, -0.25) is 0 Å². The zero-order valence-corrected chi connectivity index (χ0v) is 10.0. The first-order chi connectivity index (χ1) is 5.41. The van der Waals surface area contributed by atoms with Gasteiger partial charge in [0, 0.05) is 19.5 Å². The fourth-order valence-corrected chi connectivity index (χ4v) is 0. The number of halogens is 2. The molecule has 0 atom stereocenters. The average molecular weight is 391 g/mol. The van der Waals surface area contributed by atoms with Crippen LogP contribution in [0.5, 0.6) is 0 Å². The smallest absolute Gasteiger partial charge is 0 e. The van der Waals surface area contributed by atoms with Gasteiger partial charge in [-0.25, -0.2) is 0 Å². The van der Waals surface area contributed by atoms with E-state index in [4.69, 9.17) is 18.6 Å². The van der Waals surface area contributed by atoms with Crippen LogP contribution in [0, 0.1) is 46.0 Å². The fraction of sp³-hybridized carbons (Fsp3) is 0. The van der Waals surface area contributed by atoms with Crippen molar-refractivity contribution in [2.75, 3.05) is 0 Å². The van der Waals surface area contributed by atoms with E-state index in [1.54, 1.807) is 0 Å². The van der Waals surface area contributed by atoms with Crippen LogP contribution >= 0.6 is 0 Å². The van der Waals surface area contributed by atoms with Crippen molar-refractivity contribution in [1.82, 2.24) is 0 Å². The minimum atomic E-state index is -0.00333. The van der Waals surface area contributed by atoms with Gasteiger partial charge in [-0.2, -0.15) is 0 Å². The Kier molecular flexibility index (Phi) is 1380. The van der Waals surface area contributed by atoms with Gasteiger partial charge in [0.25, 0.3) is 0 Å². The summed E-state index contributed by atoms with van der Waals surface area (Å²) in [5.74, 6) is 0. The van der Waals surface area contributed by atoms with E-state index in [1.165, 1.54) is 0 Å². The van der Waals surface area contributed by atoms with Crippen molar-refractivity contribution in [2.24, 2.45) is 0 Å². The first-order valence-electron chi connectivity index (χ1n) is 1.09. The second kappa shape index (κ2) is 430. The van der Waals surface area contributed by atoms with Crippen LogP contribution in [0.25, 0.3) is 0 Å². The maximum absolute atomic E-state index is 7.50. The van der Waals surface area contributed by atoms with Crippen LogP contribution in [-0.2, 0) is 53.2 Å². The number of hydrogen-bond acceptors (Lipinski definition) is 0. The molecule has 0 amide bonds. The van der Waals surface area contributed by atoms with E-state index in [-0.39, 0.29) is 34.6 Å². The van der Waals surface area contributed by atoms with Gasteiger partial charge in [0.2, 0.25) is 0 Å². The maximum Gasteiger partial charge on any atom is 0 e. The second-order valence-corrected chi connectivity index (χ2v) is 2.96. The molecular weight excluding hydrogens is 389 g/mol. The third kappa shape index (κ3) is 1670. The minimum absolute atomic E-state index is 0. The van der Waals surface area contributed by atoms with Crippen molar-refractivity contribution in [3.05, 3.63) is 26.6 Å². The van der Waals surface area contributed by atoms with E-state index in [0.29, 0.717) is 0 Å². The molecule has 0 N–H and O–H groups in total. The van der Waals surface area contributed by atoms with E-state index in [2.05, 4.69) is 46.0 Å². The van der Waals surface area contributed by atoms with Gasteiger partial charge in [0.15, 0.2) is 0 Å². The van der Waals surface area contributed by atoms with Gasteiger partial charge in [0.05, 0.1) is 0 Å². The molecular formula is C4H2Cl2O4Rh2+. The Hall–Kier alpha value is 0.787. The standard InChI is InChI=1S/4CO.2ClH.2Rh/c4*1-2;;;;/h;;;;2*1H;;/q;;;;;;;+1. The molecule has 73 valence electrons. The molecule has 8 heteroatoms. The number of hydrogen-bond donors (Lipinski definition) is 0. The SMILES string of the molecule is [C-]#[O+].[C-]#[O+].[C-]#[O+].[C-]#[O+].[ClH+][Rh-][ClH+].[Rh]. The zero-order valence-electron chi connectivity index (χ0n) is 5.12. The quantitative estimate of drug-likeness (QED) is 0.298. The summed E-state index contributed by atoms with van der Waals surface area (Å²) in [6, 6.07) is 0. The summed E-state index contributed by atoms with van der Waals surface area (Å²) in [7, 11) is 8.56. The molecule has 0 unspecified atom stereocenters. The zero-order chi connectivity index (χ0) is 10.7. The molecule has 12 heavy (non-hydrogen) atoms. The van der Waals surface area contributed by atoms with Crippen LogP contribution in [-0.4, -0.2) is 0 Å². The van der Waals surface area contributed by atoms with Gasteiger partial charge in [0.1, 0.15) is 0 Å². The molecule has 0 heterocycles. The van der Waals surface area contributed by atoms with Gasteiger partial charge in [-0.1, -0.05) is 0 Å². The number of rotatable bonds is 0. The van der Waals surface area contributed by atoms with Crippen molar-refractivity contribution in [2.45, 2.75) is 0 Å². The summed E-state index contributed by atoms with van der Waals surface area (Å²) in [6.45, 7) is 18.0. The Morgan fingerprint density at radius 1 is 0.667 bits per heavy atom. The average Bonchev–Trinajstić information content (AvgIpc) is 2.18. The van der Waals surface area contributed by atoms with E-state index in [9.17, 15) is 0 Å². The van der Waals surface area contributed by atoms with Gasteiger partial charge in [-0.15, -0.1) is 0 Å². The molecule has 0 aromatic heterocycles. The Morgan fingerprint density at radius 3 is 0.667 bits per heavy atom. The molecule has 0 aliphatic heterocycles. The van der Waals surface area contributed by atoms with Crippen LogP contribution in [0.1, 0.15) is 0 Å². The summed E-state index contributed by atoms with van der Waals surface area (Å²) >= 11 is -0.00333. The normalized spacial score (nSPS) is 2.50. The van der Waals surface area contributed by atoms with Gasteiger partial charge >= 0.3 is 79.7 Å². The van der Waals surface area contributed by atoms with Crippen molar-refractivity contribution < 1.29 is 72.6 Å². The third-order valence-corrected chi connectivity index (χ3v) is 0. The second-order valence-electron chi connectivity index (χ2n) is 0.0556. The first-order valence-corrected chi connectivity index (χ1v) is 5.65. The van der Waals surface area contributed by atoms with Crippen LogP contribution < -0.4 is 0 Å². The Bertz CT molecular complexity index is 76.2. The monoisotopic (exact) mass is 390 g/mol. The maximum atomic E-state index is 7.50. The minimum Gasteiger partial charge on any atom is 0 e. The molecule has 0 saturated carbocycles. The summed E-state index contributed by atoms with van der Waals surface area (Å²) in [5, 5.41) is 0. The Labute approximate surface area is 98.7 Å². The first kappa shape index (κ1) is 38.6. The summed E-state index contributed by atoms with van der Waals surface area (Å²) < 4.78 is 30.0. The van der Waals surface area contributed by atoms with Gasteiger partial charge in [-0.05, 0) is 0 Å². The van der Waals surface area contributed by atoms with Crippen LogP contribution in [0.2, 0.25) is 0 Å². The molecule has 0 spiro atoms. The molecule has 0 aliphatic rings. The fourth-order valence-electron chi connectivity index (χ4n) is 0. The van der Waals surface area contributed by atoms with Crippen molar-refractivity contribution in [1.29, 1.82) is 0 Å². The van der Waals surface area contributed by atoms with Gasteiger partial charge < -0.3 is 0 Å². The predicted octanol–water partition coefficient (Wildman–Crippen LogP) is -0.690. The molecule has 0 saturated heterocycles. The van der Waals surface area contributed by atoms with Crippen molar-refractivity contribution >= 4 is 0 Å². The molecule has 0 aromatic carbocycles. The van der Waals surface area contributed by atoms with E-state index in [0.717, 1.165) is 0 Å². The molecule has 0 aliphatic carbocycles. The van der Waals surface area contributed by atoms with Crippen LogP contribution in [0.15, 0.2) is 0 Å². The molecule has 0 bridgehead atoms. The Balaban J connectivity index is -0.00000000933. The topological polar surface area (TPSA) is 79.6 Å². The largest absolute Gasteiger partial charge is 0 e. The molecule has 0 rings (SSSR count). The molecule has 0 fully saturated rings. The van der Waals surface area contributed by atoms with Crippen molar-refractivity contribution in [3.63, 3.8) is 0 Å². The molecule has 0 aromatic rings. The summed E-state index contributed by atoms with van der Waals surface area (Å²) in [6.07, 6.45) is 0. The molecule has 4 nitrogen and oxygen atoms in total. The summed E-state index contributed by atoms with van der Waals surface area (Å²) in [4.78, 5) is 0. The molecule has 1 radical (unpaired) electrons. The van der Waals surface area contributed by atoms with Crippen LogP contribution in [0.4, 0.5) is 0 Å². The van der Waals surface area contributed by atoms with E-state index < -0.39 is 0 Å². The van der Waals surface area contributed by atoms with E-state index >= 15 is 0 Å². The van der Waals surface area contributed by atoms with E-state index in [1.807, 2.05) is 0 Å². The summed E-state index contributed by atoms with van der Waals surface area (Å²) in [5.41, 5.74) is 0. The predicted molar refractivity (Wildman–Crippen MR) is 18.5 cm³/mol. The Morgan fingerprint density at radius 2 is 0.667 bits per heavy atom.